The third-order valence-corrected chi connectivity index (χ3v) is 2.93. The molecule has 0 aliphatic carbocycles. The second-order valence-electron chi connectivity index (χ2n) is 3.96. The summed E-state index contributed by atoms with van der Waals surface area (Å²) < 4.78 is 10.5. The van der Waals surface area contributed by atoms with Crippen LogP contribution in [0.15, 0.2) is 0 Å². The van der Waals surface area contributed by atoms with E-state index in [4.69, 9.17) is 15.2 Å². The first-order valence-electron chi connectivity index (χ1n) is 5.72. The van der Waals surface area contributed by atoms with Gasteiger partial charge in [0.15, 0.2) is 0 Å². The molecule has 4 heteroatoms. The normalized spacial score (nSPS) is 28.5. The van der Waals surface area contributed by atoms with Gasteiger partial charge in [-0.1, -0.05) is 6.92 Å². The summed E-state index contributed by atoms with van der Waals surface area (Å²) in [4.78, 5) is 11.4. The Labute approximate surface area is 91.1 Å². The van der Waals surface area contributed by atoms with Crippen LogP contribution in [-0.2, 0) is 14.3 Å². The Bertz CT molecular complexity index is 208. The molecule has 1 fully saturated rings. The second kappa shape index (κ2) is 6.08. The SMILES string of the molecule is CCOC(=O)[C@H](N)[C@H]1CCO[C@H](CC)C1. The van der Waals surface area contributed by atoms with E-state index in [0.29, 0.717) is 13.2 Å². The van der Waals surface area contributed by atoms with Crippen molar-refractivity contribution in [1.82, 2.24) is 0 Å². The second-order valence-corrected chi connectivity index (χ2v) is 3.96. The topological polar surface area (TPSA) is 61.5 Å². The number of hydrogen-bond acceptors (Lipinski definition) is 4. The molecule has 1 saturated heterocycles. The minimum atomic E-state index is -0.483. The van der Waals surface area contributed by atoms with Crippen LogP contribution >= 0.6 is 0 Å². The number of carbonyl (C=O) groups is 1. The summed E-state index contributed by atoms with van der Waals surface area (Å²) in [6.45, 7) is 4.98. The molecule has 0 radical (unpaired) electrons. The van der Waals surface area contributed by atoms with Gasteiger partial charge in [0.2, 0.25) is 0 Å². The first kappa shape index (κ1) is 12.5. The molecule has 0 saturated carbocycles. The number of esters is 1. The molecular formula is C11H21NO3. The Balaban J connectivity index is 2.44. The maximum Gasteiger partial charge on any atom is 0.323 e. The van der Waals surface area contributed by atoms with E-state index < -0.39 is 6.04 Å². The molecular weight excluding hydrogens is 194 g/mol. The number of ether oxygens (including phenoxy) is 2. The van der Waals surface area contributed by atoms with Crippen LogP contribution in [0.2, 0.25) is 0 Å². The van der Waals surface area contributed by atoms with Crippen molar-refractivity contribution in [3.63, 3.8) is 0 Å². The number of carbonyl (C=O) groups excluding carboxylic acids is 1. The molecule has 1 aliphatic heterocycles. The van der Waals surface area contributed by atoms with Crippen LogP contribution < -0.4 is 5.73 Å². The average molecular weight is 215 g/mol. The van der Waals surface area contributed by atoms with Gasteiger partial charge in [-0.2, -0.15) is 0 Å². The van der Waals surface area contributed by atoms with Crippen LogP contribution in [0.3, 0.4) is 0 Å². The molecule has 1 rings (SSSR count). The predicted molar refractivity (Wildman–Crippen MR) is 57.4 cm³/mol. The van der Waals surface area contributed by atoms with Gasteiger partial charge in [0, 0.05) is 6.61 Å². The fourth-order valence-electron chi connectivity index (χ4n) is 1.95. The largest absolute Gasteiger partial charge is 0.465 e. The zero-order chi connectivity index (χ0) is 11.3. The molecule has 0 aromatic heterocycles. The van der Waals surface area contributed by atoms with Crippen molar-refractivity contribution < 1.29 is 14.3 Å². The fourth-order valence-corrected chi connectivity index (χ4v) is 1.95. The van der Waals surface area contributed by atoms with E-state index in [9.17, 15) is 4.79 Å². The molecule has 3 atom stereocenters. The van der Waals surface area contributed by atoms with Gasteiger partial charge in [-0.15, -0.1) is 0 Å². The molecule has 1 heterocycles. The van der Waals surface area contributed by atoms with Crippen molar-refractivity contribution in [2.45, 2.75) is 45.3 Å². The van der Waals surface area contributed by atoms with Crippen molar-refractivity contribution in [3.8, 4) is 0 Å². The zero-order valence-electron chi connectivity index (χ0n) is 9.57. The standard InChI is InChI=1S/C11H21NO3/c1-3-9-7-8(5-6-15-9)10(12)11(13)14-4-2/h8-10H,3-7,12H2,1-2H3/t8-,9+,10+/m0/s1. The Morgan fingerprint density at radius 2 is 2.33 bits per heavy atom. The highest BCUT2D eigenvalue weighted by Gasteiger charge is 2.30. The summed E-state index contributed by atoms with van der Waals surface area (Å²) in [7, 11) is 0. The predicted octanol–water partition coefficient (Wildman–Crippen LogP) is 1.08. The maximum atomic E-state index is 11.4. The summed E-state index contributed by atoms with van der Waals surface area (Å²) in [6.07, 6.45) is 2.96. The van der Waals surface area contributed by atoms with Crippen LogP contribution in [0.25, 0.3) is 0 Å². The molecule has 0 aromatic carbocycles. The molecule has 15 heavy (non-hydrogen) atoms. The van der Waals surface area contributed by atoms with Gasteiger partial charge in [-0.3, -0.25) is 4.79 Å². The third-order valence-electron chi connectivity index (χ3n) is 2.93. The van der Waals surface area contributed by atoms with E-state index in [0.717, 1.165) is 19.3 Å². The summed E-state index contributed by atoms with van der Waals surface area (Å²) in [5.74, 6) is -0.0676. The van der Waals surface area contributed by atoms with E-state index in [1.54, 1.807) is 6.92 Å². The van der Waals surface area contributed by atoms with Crippen molar-refractivity contribution in [3.05, 3.63) is 0 Å². The summed E-state index contributed by atoms with van der Waals surface area (Å²) in [5, 5.41) is 0. The lowest BCUT2D eigenvalue weighted by Crippen LogP contribution is -2.43. The lowest BCUT2D eigenvalue weighted by atomic mass is 9.88. The number of nitrogens with two attached hydrogens (primary N) is 1. The van der Waals surface area contributed by atoms with Gasteiger partial charge in [0.25, 0.3) is 0 Å². The highest BCUT2D eigenvalue weighted by molar-refractivity contribution is 5.75. The summed E-state index contributed by atoms with van der Waals surface area (Å²) in [5.41, 5.74) is 5.86. The quantitative estimate of drug-likeness (QED) is 0.713. The van der Waals surface area contributed by atoms with Gasteiger partial charge in [-0.25, -0.2) is 0 Å². The van der Waals surface area contributed by atoms with E-state index in [1.165, 1.54) is 0 Å². The van der Waals surface area contributed by atoms with Crippen LogP contribution in [0, 0.1) is 5.92 Å². The van der Waals surface area contributed by atoms with Crippen LogP contribution in [0.4, 0.5) is 0 Å². The molecule has 0 unspecified atom stereocenters. The van der Waals surface area contributed by atoms with Crippen LogP contribution in [-0.4, -0.2) is 31.3 Å². The zero-order valence-corrected chi connectivity index (χ0v) is 9.57. The molecule has 0 aromatic rings. The monoisotopic (exact) mass is 215 g/mol. The van der Waals surface area contributed by atoms with Crippen molar-refractivity contribution in [2.24, 2.45) is 11.7 Å². The smallest absolute Gasteiger partial charge is 0.323 e. The Kier molecular flexibility index (Phi) is 5.05. The molecule has 0 bridgehead atoms. The van der Waals surface area contributed by atoms with E-state index in [1.807, 2.05) is 0 Å². The van der Waals surface area contributed by atoms with E-state index >= 15 is 0 Å². The van der Waals surface area contributed by atoms with Crippen LogP contribution in [0.5, 0.6) is 0 Å². The Morgan fingerprint density at radius 1 is 1.60 bits per heavy atom. The fraction of sp³-hybridized carbons (Fsp3) is 0.909. The van der Waals surface area contributed by atoms with Gasteiger partial charge in [0.05, 0.1) is 12.7 Å². The Morgan fingerprint density at radius 3 is 2.93 bits per heavy atom. The summed E-state index contributed by atoms with van der Waals surface area (Å²) >= 11 is 0. The van der Waals surface area contributed by atoms with Gasteiger partial charge in [-0.05, 0) is 32.1 Å². The molecule has 88 valence electrons. The Hall–Kier alpha value is -0.610. The number of hydrogen-bond donors (Lipinski definition) is 1. The van der Waals surface area contributed by atoms with Crippen molar-refractivity contribution in [1.29, 1.82) is 0 Å². The van der Waals surface area contributed by atoms with Crippen molar-refractivity contribution >= 4 is 5.97 Å². The first-order chi connectivity index (χ1) is 7.19. The lowest BCUT2D eigenvalue weighted by molar-refractivity contribution is -0.147. The maximum absolute atomic E-state index is 11.4. The highest BCUT2D eigenvalue weighted by Crippen LogP contribution is 2.24. The van der Waals surface area contributed by atoms with Crippen LogP contribution in [0.1, 0.15) is 33.1 Å². The number of rotatable bonds is 4. The van der Waals surface area contributed by atoms with Gasteiger partial charge in [0.1, 0.15) is 6.04 Å². The first-order valence-corrected chi connectivity index (χ1v) is 5.72. The highest BCUT2D eigenvalue weighted by atomic mass is 16.5. The molecule has 0 spiro atoms. The van der Waals surface area contributed by atoms with Crippen molar-refractivity contribution in [2.75, 3.05) is 13.2 Å². The minimum absolute atomic E-state index is 0.211. The summed E-state index contributed by atoms with van der Waals surface area (Å²) in [6, 6.07) is -0.483. The van der Waals surface area contributed by atoms with Gasteiger partial charge < -0.3 is 15.2 Å². The molecule has 1 aliphatic rings. The molecule has 0 amide bonds. The lowest BCUT2D eigenvalue weighted by Gasteiger charge is -2.31. The average Bonchev–Trinajstić information content (AvgIpc) is 2.28. The van der Waals surface area contributed by atoms with Gasteiger partial charge >= 0.3 is 5.97 Å². The van der Waals surface area contributed by atoms with E-state index in [2.05, 4.69) is 6.92 Å². The minimum Gasteiger partial charge on any atom is -0.465 e. The molecule has 4 nitrogen and oxygen atoms in total. The van der Waals surface area contributed by atoms with E-state index in [-0.39, 0.29) is 18.0 Å². The third kappa shape index (κ3) is 3.47. The molecule has 2 N–H and O–H groups in total.